The fourth-order valence-corrected chi connectivity index (χ4v) is 4.01. The van der Waals surface area contributed by atoms with E-state index in [9.17, 15) is 8.78 Å². The molecule has 0 amide bonds. The first-order valence-electron chi connectivity index (χ1n) is 12.3. The molecule has 36 heavy (non-hydrogen) atoms. The number of rotatable bonds is 6. The molecule has 0 nitrogen and oxygen atoms in total. The Labute approximate surface area is 211 Å². The fraction of sp³-hybridized carbons (Fsp3) is 0.212. The van der Waals surface area contributed by atoms with Crippen LogP contribution in [0.15, 0.2) is 72.8 Å². The number of fused-ring (bicyclic) bond motifs is 1. The van der Waals surface area contributed by atoms with Crippen LogP contribution in [0.2, 0.25) is 0 Å². The standard InChI is InChI=1S/C33H27F3/c1-2-3-4-5-6-7-24-8-10-25(11-9-24)12-13-26-15-20-30-29(22-26)19-18-28(33(30)36)17-14-27-16-21-31(34)32(35)23-27/h8-11,15-16,18-23H,2-7H2,1H3. The Hall–Kier alpha value is -3.95. The maximum atomic E-state index is 15.0. The molecule has 3 heteroatoms. The van der Waals surface area contributed by atoms with Gasteiger partial charge in [0, 0.05) is 22.1 Å². The predicted molar refractivity (Wildman–Crippen MR) is 141 cm³/mol. The van der Waals surface area contributed by atoms with Crippen LogP contribution >= 0.6 is 0 Å². The molecule has 0 saturated heterocycles. The molecule has 0 aliphatic rings. The Bertz CT molecular complexity index is 1480. The third-order valence-electron chi connectivity index (χ3n) is 6.09. The lowest BCUT2D eigenvalue weighted by atomic mass is 10.0. The third kappa shape index (κ3) is 6.59. The Kier molecular flexibility index (Phi) is 8.48. The second-order valence-electron chi connectivity index (χ2n) is 8.85. The molecule has 4 aromatic rings. The van der Waals surface area contributed by atoms with Crippen LogP contribution in [0.4, 0.5) is 13.2 Å². The summed E-state index contributed by atoms with van der Waals surface area (Å²) in [4.78, 5) is 0. The first kappa shape index (κ1) is 25.2. The molecule has 0 spiro atoms. The highest BCUT2D eigenvalue weighted by atomic mass is 19.2. The molecule has 180 valence electrons. The molecular weight excluding hydrogens is 453 g/mol. The molecule has 0 saturated carbocycles. The number of halogens is 3. The maximum absolute atomic E-state index is 15.0. The van der Waals surface area contributed by atoms with Crippen molar-refractivity contribution in [3.05, 3.63) is 118 Å². The van der Waals surface area contributed by atoms with E-state index in [4.69, 9.17) is 0 Å². The van der Waals surface area contributed by atoms with Crippen molar-refractivity contribution < 1.29 is 13.2 Å². The highest BCUT2D eigenvalue weighted by molar-refractivity contribution is 5.86. The molecule has 0 unspecified atom stereocenters. The van der Waals surface area contributed by atoms with Crippen LogP contribution in [0.25, 0.3) is 10.8 Å². The van der Waals surface area contributed by atoms with Gasteiger partial charge in [-0.2, -0.15) is 0 Å². The van der Waals surface area contributed by atoms with E-state index in [1.54, 1.807) is 24.3 Å². The third-order valence-corrected chi connectivity index (χ3v) is 6.09. The number of unbranched alkanes of at least 4 members (excludes halogenated alkanes) is 4. The van der Waals surface area contributed by atoms with Gasteiger partial charge in [-0.05, 0) is 72.3 Å². The number of benzene rings is 4. The predicted octanol–water partition coefficient (Wildman–Crippen LogP) is 8.57. The molecule has 0 aliphatic carbocycles. The van der Waals surface area contributed by atoms with Crippen LogP contribution in [-0.2, 0) is 6.42 Å². The lowest BCUT2D eigenvalue weighted by molar-refractivity contribution is 0.508. The van der Waals surface area contributed by atoms with Crippen LogP contribution < -0.4 is 0 Å². The van der Waals surface area contributed by atoms with Crippen molar-refractivity contribution >= 4 is 10.8 Å². The minimum absolute atomic E-state index is 0.191. The quantitative estimate of drug-likeness (QED) is 0.192. The van der Waals surface area contributed by atoms with E-state index in [0.717, 1.165) is 35.1 Å². The normalized spacial score (nSPS) is 10.4. The minimum Gasteiger partial charge on any atom is -0.205 e. The highest BCUT2D eigenvalue weighted by Crippen LogP contribution is 2.22. The van der Waals surface area contributed by atoms with Gasteiger partial charge in [0.25, 0.3) is 0 Å². The van der Waals surface area contributed by atoms with Gasteiger partial charge >= 0.3 is 0 Å². The second kappa shape index (κ2) is 12.1. The zero-order chi connectivity index (χ0) is 25.3. The smallest absolute Gasteiger partial charge is 0.160 e. The van der Waals surface area contributed by atoms with Gasteiger partial charge in [-0.1, -0.05) is 80.6 Å². The summed E-state index contributed by atoms with van der Waals surface area (Å²) in [6, 6.07) is 20.4. The molecule has 4 aromatic carbocycles. The van der Waals surface area contributed by atoms with E-state index in [1.165, 1.54) is 43.7 Å². The number of hydrogen-bond donors (Lipinski definition) is 0. The summed E-state index contributed by atoms with van der Waals surface area (Å²) in [7, 11) is 0. The summed E-state index contributed by atoms with van der Waals surface area (Å²) in [5.74, 6) is 9.37. The topological polar surface area (TPSA) is 0 Å². The summed E-state index contributed by atoms with van der Waals surface area (Å²) in [6.07, 6.45) is 7.47. The van der Waals surface area contributed by atoms with E-state index < -0.39 is 17.5 Å². The van der Waals surface area contributed by atoms with Gasteiger partial charge in [0.05, 0.1) is 5.56 Å². The summed E-state index contributed by atoms with van der Waals surface area (Å²) in [6.45, 7) is 2.23. The Morgan fingerprint density at radius 3 is 2.03 bits per heavy atom. The molecule has 0 N–H and O–H groups in total. The molecule has 0 atom stereocenters. The van der Waals surface area contributed by atoms with Gasteiger partial charge < -0.3 is 0 Å². The molecule has 0 bridgehead atoms. The molecule has 0 fully saturated rings. The average Bonchev–Trinajstić information content (AvgIpc) is 2.89. The van der Waals surface area contributed by atoms with Crippen LogP contribution in [0.5, 0.6) is 0 Å². The summed E-state index contributed by atoms with van der Waals surface area (Å²) >= 11 is 0. The van der Waals surface area contributed by atoms with E-state index in [-0.39, 0.29) is 11.1 Å². The molecular formula is C33H27F3. The SMILES string of the molecule is CCCCCCCc1ccc(C#Cc2ccc3c(F)c(C#Cc4ccc(F)c(F)c4)ccc3c2)cc1. The molecule has 0 radical (unpaired) electrons. The first-order chi connectivity index (χ1) is 17.5. The van der Waals surface area contributed by atoms with Gasteiger partial charge in [0.2, 0.25) is 0 Å². The van der Waals surface area contributed by atoms with Gasteiger partial charge in [-0.25, -0.2) is 13.2 Å². The van der Waals surface area contributed by atoms with Crippen LogP contribution in [0.1, 0.15) is 66.8 Å². The van der Waals surface area contributed by atoms with Gasteiger partial charge in [0.1, 0.15) is 5.82 Å². The van der Waals surface area contributed by atoms with Gasteiger partial charge in [0.15, 0.2) is 11.6 Å². The van der Waals surface area contributed by atoms with Crippen molar-refractivity contribution in [1.82, 2.24) is 0 Å². The monoisotopic (exact) mass is 480 g/mol. The van der Waals surface area contributed by atoms with E-state index in [1.807, 2.05) is 18.2 Å². The Morgan fingerprint density at radius 1 is 0.583 bits per heavy atom. The van der Waals surface area contributed by atoms with Crippen molar-refractivity contribution in [1.29, 1.82) is 0 Å². The zero-order valence-corrected chi connectivity index (χ0v) is 20.3. The molecule has 0 aromatic heterocycles. The highest BCUT2D eigenvalue weighted by Gasteiger charge is 2.07. The number of aryl methyl sites for hydroxylation is 1. The largest absolute Gasteiger partial charge is 0.205 e. The van der Waals surface area contributed by atoms with E-state index in [2.05, 4.69) is 42.7 Å². The summed E-state index contributed by atoms with van der Waals surface area (Å²) in [5, 5.41) is 1.15. The second-order valence-corrected chi connectivity index (χ2v) is 8.85. The van der Waals surface area contributed by atoms with Crippen molar-refractivity contribution in [3.8, 4) is 23.7 Å². The number of hydrogen-bond acceptors (Lipinski definition) is 0. The van der Waals surface area contributed by atoms with Gasteiger partial charge in [-0.15, -0.1) is 0 Å². The molecule has 0 heterocycles. The van der Waals surface area contributed by atoms with E-state index in [0.29, 0.717) is 5.39 Å². The van der Waals surface area contributed by atoms with Crippen LogP contribution in [0.3, 0.4) is 0 Å². The average molecular weight is 481 g/mol. The van der Waals surface area contributed by atoms with Crippen LogP contribution in [-0.4, -0.2) is 0 Å². The van der Waals surface area contributed by atoms with Crippen molar-refractivity contribution in [2.45, 2.75) is 45.4 Å². The van der Waals surface area contributed by atoms with E-state index >= 15 is 4.39 Å². The maximum Gasteiger partial charge on any atom is 0.160 e. The van der Waals surface area contributed by atoms with Crippen molar-refractivity contribution in [2.24, 2.45) is 0 Å². The zero-order valence-electron chi connectivity index (χ0n) is 20.3. The Balaban J connectivity index is 1.45. The van der Waals surface area contributed by atoms with Gasteiger partial charge in [-0.3, -0.25) is 0 Å². The van der Waals surface area contributed by atoms with Crippen molar-refractivity contribution in [3.63, 3.8) is 0 Å². The van der Waals surface area contributed by atoms with Crippen LogP contribution in [0, 0.1) is 41.1 Å². The minimum atomic E-state index is -0.983. The fourth-order valence-electron chi connectivity index (χ4n) is 4.01. The summed E-state index contributed by atoms with van der Waals surface area (Å²) in [5.41, 5.74) is 3.54. The first-order valence-corrected chi connectivity index (χ1v) is 12.3. The molecule has 4 rings (SSSR count). The molecule has 0 aliphatic heterocycles. The summed E-state index contributed by atoms with van der Waals surface area (Å²) < 4.78 is 41.5. The lowest BCUT2D eigenvalue weighted by Gasteiger charge is -2.03. The van der Waals surface area contributed by atoms with Crippen molar-refractivity contribution in [2.75, 3.05) is 0 Å². The Morgan fingerprint density at radius 2 is 1.25 bits per heavy atom. The lowest BCUT2D eigenvalue weighted by Crippen LogP contribution is -1.89.